The highest BCUT2D eigenvalue weighted by molar-refractivity contribution is 5.85. The van der Waals surface area contributed by atoms with E-state index in [1.807, 2.05) is 30.5 Å². The van der Waals surface area contributed by atoms with Crippen molar-refractivity contribution in [2.75, 3.05) is 0 Å². The molecule has 0 saturated heterocycles. The number of hydrogen-bond acceptors (Lipinski definition) is 2. The van der Waals surface area contributed by atoms with E-state index in [1.54, 1.807) is 0 Å². The van der Waals surface area contributed by atoms with E-state index in [0.29, 0.717) is 5.56 Å². The molecule has 0 amide bonds. The second kappa shape index (κ2) is 6.52. The Bertz CT molecular complexity index is 784. The molecule has 0 bridgehead atoms. The van der Waals surface area contributed by atoms with Gasteiger partial charge in [0.05, 0.1) is 6.04 Å². The number of aromatic nitrogens is 1. The van der Waals surface area contributed by atoms with E-state index in [9.17, 15) is 13.2 Å². The third-order valence-corrected chi connectivity index (χ3v) is 3.43. The first-order chi connectivity index (χ1) is 10.4. The summed E-state index contributed by atoms with van der Waals surface area (Å²) in [5.74, 6) is -0.262. The lowest BCUT2D eigenvalue weighted by Crippen LogP contribution is -2.17. The Morgan fingerprint density at radius 2 is 1.65 bits per heavy atom. The van der Waals surface area contributed by atoms with Gasteiger partial charge < -0.3 is 15.5 Å². The molecule has 2 aromatic carbocycles. The van der Waals surface area contributed by atoms with Crippen molar-refractivity contribution in [3.05, 3.63) is 65.9 Å². The fraction of sp³-hybridized carbons (Fsp3) is 0.125. The van der Waals surface area contributed by atoms with Crippen LogP contribution in [0.4, 0.5) is 13.2 Å². The van der Waals surface area contributed by atoms with Crippen molar-refractivity contribution in [2.45, 2.75) is 12.4 Å². The van der Waals surface area contributed by atoms with Crippen LogP contribution in [0.25, 0.3) is 10.9 Å². The number of alkyl halides is 3. The molecule has 0 radical (unpaired) electrons. The van der Waals surface area contributed by atoms with E-state index in [4.69, 9.17) is 5.73 Å². The smallest absolute Gasteiger partial charge is 0.406 e. The van der Waals surface area contributed by atoms with Gasteiger partial charge in [-0.3, -0.25) is 0 Å². The van der Waals surface area contributed by atoms with E-state index >= 15 is 0 Å². The van der Waals surface area contributed by atoms with Crippen molar-refractivity contribution in [2.24, 2.45) is 5.73 Å². The van der Waals surface area contributed by atoms with E-state index < -0.39 is 12.4 Å². The van der Waals surface area contributed by atoms with Gasteiger partial charge in [0.15, 0.2) is 0 Å². The van der Waals surface area contributed by atoms with Gasteiger partial charge >= 0.3 is 6.36 Å². The number of hydrogen-bond donors (Lipinski definition) is 2. The Labute approximate surface area is 136 Å². The summed E-state index contributed by atoms with van der Waals surface area (Å²) in [5.41, 5.74) is 8.78. The molecule has 1 heterocycles. The Morgan fingerprint density at radius 3 is 2.30 bits per heavy atom. The van der Waals surface area contributed by atoms with Crippen LogP contribution in [-0.2, 0) is 0 Å². The number of nitrogens with one attached hydrogen (secondary N) is 1. The third-order valence-electron chi connectivity index (χ3n) is 3.43. The second-order valence-electron chi connectivity index (χ2n) is 4.88. The Hall–Kier alpha value is -2.18. The minimum absolute atomic E-state index is 0. The fourth-order valence-electron chi connectivity index (χ4n) is 2.41. The zero-order valence-corrected chi connectivity index (χ0v) is 12.6. The minimum Gasteiger partial charge on any atom is -0.406 e. The molecule has 0 spiro atoms. The van der Waals surface area contributed by atoms with Gasteiger partial charge in [-0.05, 0) is 29.3 Å². The van der Waals surface area contributed by atoms with E-state index in [0.717, 1.165) is 16.5 Å². The Morgan fingerprint density at radius 1 is 1.00 bits per heavy atom. The average molecular weight is 343 g/mol. The van der Waals surface area contributed by atoms with Crippen molar-refractivity contribution >= 4 is 23.3 Å². The van der Waals surface area contributed by atoms with Gasteiger partial charge in [0.1, 0.15) is 5.75 Å². The summed E-state index contributed by atoms with van der Waals surface area (Å²) in [7, 11) is 0. The molecule has 0 saturated carbocycles. The van der Waals surface area contributed by atoms with Gasteiger partial charge in [0, 0.05) is 17.1 Å². The minimum atomic E-state index is -4.69. The normalized spacial score (nSPS) is 12.7. The molecular weight excluding hydrogens is 329 g/mol. The topological polar surface area (TPSA) is 51.0 Å². The van der Waals surface area contributed by atoms with Crippen molar-refractivity contribution < 1.29 is 17.9 Å². The number of fused-ring (bicyclic) bond motifs is 1. The van der Waals surface area contributed by atoms with Crippen LogP contribution in [0.1, 0.15) is 17.2 Å². The second-order valence-corrected chi connectivity index (χ2v) is 4.88. The largest absolute Gasteiger partial charge is 0.573 e. The van der Waals surface area contributed by atoms with Crippen LogP contribution < -0.4 is 10.5 Å². The average Bonchev–Trinajstić information content (AvgIpc) is 2.89. The third kappa shape index (κ3) is 3.78. The molecule has 1 aromatic heterocycles. The van der Waals surface area contributed by atoms with Crippen LogP contribution >= 0.6 is 12.4 Å². The molecule has 3 rings (SSSR count). The number of para-hydroxylation sites is 1. The van der Waals surface area contributed by atoms with Crippen LogP contribution in [0.2, 0.25) is 0 Å². The number of rotatable bonds is 3. The molecule has 3 N–H and O–H groups in total. The lowest BCUT2D eigenvalue weighted by atomic mass is 9.99. The van der Waals surface area contributed by atoms with E-state index in [-0.39, 0.29) is 18.2 Å². The maximum absolute atomic E-state index is 12.1. The van der Waals surface area contributed by atoms with Gasteiger partial charge in [-0.2, -0.15) is 0 Å². The molecule has 0 aliphatic carbocycles. The summed E-state index contributed by atoms with van der Waals surface area (Å²) in [5, 5.41) is 0.991. The molecular formula is C16H14ClF3N2O. The number of ether oxygens (including phenoxy) is 1. The summed E-state index contributed by atoms with van der Waals surface area (Å²) in [6.45, 7) is 0. The highest BCUT2D eigenvalue weighted by Gasteiger charge is 2.31. The zero-order valence-electron chi connectivity index (χ0n) is 11.8. The lowest BCUT2D eigenvalue weighted by Gasteiger charge is -2.13. The molecule has 3 aromatic rings. The van der Waals surface area contributed by atoms with Crippen LogP contribution in [0, 0.1) is 0 Å². The monoisotopic (exact) mass is 342 g/mol. The van der Waals surface area contributed by atoms with Gasteiger partial charge in [-0.25, -0.2) is 0 Å². The van der Waals surface area contributed by atoms with E-state index in [2.05, 4.69) is 9.72 Å². The standard InChI is InChI=1S/C16H13F3N2O.ClH/c17-16(18,19)22-11-7-5-10(6-8-11)15(20)13-9-21-14-4-2-1-3-12(13)14;/h1-9,15,21H,20H2;1H/t15-;/m1./s1. The van der Waals surface area contributed by atoms with Crippen LogP contribution in [0.15, 0.2) is 54.7 Å². The molecule has 0 fully saturated rings. The van der Waals surface area contributed by atoms with Crippen molar-refractivity contribution in [3.63, 3.8) is 0 Å². The Balaban J connectivity index is 0.00000192. The van der Waals surface area contributed by atoms with E-state index in [1.165, 1.54) is 24.3 Å². The summed E-state index contributed by atoms with van der Waals surface area (Å²) < 4.78 is 40.3. The van der Waals surface area contributed by atoms with Gasteiger partial charge in [-0.1, -0.05) is 30.3 Å². The first kappa shape index (κ1) is 17.2. The first-order valence-electron chi connectivity index (χ1n) is 6.61. The maximum atomic E-state index is 12.1. The summed E-state index contributed by atoms with van der Waals surface area (Å²) >= 11 is 0. The van der Waals surface area contributed by atoms with Gasteiger partial charge in [0.2, 0.25) is 0 Å². The molecule has 7 heteroatoms. The summed E-state index contributed by atoms with van der Waals surface area (Å²) in [6, 6.07) is 12.9. The van der Waals surface area contributed by atoms with Gasteiger partial charge in [-0.15, -0.1) is 25.6 Å². The van der Waals surface area contributed by atoms with Crippen LogP contribution in [0.5, 0.6) is 5.75 Å². The Kier molecular flexibility index (Phi) is 4.87. The SMILES string of the molecule is Cl.N[C@H](c1ccc(OC(F)(F)F)cc1)c1c[nH]c2ccccc12. The summed E-state index contributed by atoms with van der Waals surface area (Å²) in [4.78, 5) is 3.13. The molecule has 0 unspecified atom stereocenters. The molecule has 122 valence electrons. The highest BCUT2D eigenvalue weighted by Crippen LogP contribution is 2.29. The molecule has 0 aliphatic rings. The highest BCUT2D eigenvalue weighted by atomic mass is 35.5. The van der Waals surface area contributed by atoms with Crippen molar-refractivity contribution in [1.82, 2.24) is 4.98 Å². The molecule has 0 aliphatic heterocycles. The number of aromatic amines is 1. The molecule has 23 heavy (non-hydrogen) atoms. The van der Waals surface area contributed by atoms with Crippen LogP contribution in [-0.4, -0.2) is 11.3 Å². The molecule has 3 nitrogen and oxygen atoms in total. The number of nitrogens with two attached hydrogens (primary N) is 1. The number of benzene rings is 2. The predicted molar refractivity (Wildman–Crippen MR) is 84.7 cm³/mol. The fourth-order valence-corrected chi connectivity index (χ4v) is 2.41. The molecule has 1 atom stereocenters. The quantitative estimate of drug-likeness (QED) is 0.734. The van der Waals surface area contributed by atoms with Crippen molar-refractivity contribution in [3.8, 4) is 5.75 Å². The maximum Gasteiger partial charge on any atom is 0.573 e. The predicted octanol–water partition coefficient (Wildman–Crippen LogP) is 4.54. The van der Waals surface area contributed by atoms with Gasteiger partial charge in [0.25, 0.3) is 0 Å². The number of halogens is 4. The first-order valence-corrected chi connectivity index (χ1v) is 6.61. The summed E-state index contributed by atoms with van der Waals surface area (Å²) in [6.07, 6.45) is -2.88. The number of H-pyrrole nitrogens is 1. The zero-order chi connectivity index (χ0) is 15.7. The van der Waals surface area contributed by atoms with Crippen LogP contribution in [0.3, 0.4) is 0 Å². The lowest BCUT2D eigenvalue weighted by molar-refractivity contribution is -0.274. The van der Waals surface area contributed by atoms with Crippen molar-refractivity contribution in [1.29, 1.82) is 0 Å².